The second kappa shape index (κ2) is 8.82. The zero-order valence-electron chi connectivity index (χ0n) is 15.9. The van der Waals surface area contributed by atoms with Crippen molar-refractivity contribution in [2.45, 2.75) is 18.7 Å². The molecule has 3 aromatic carbocycles. The van der Waals surface area contributed by atoms with Crippen molar-refractivity contribution in [3.63, 3.8) is 0 Å². The number of hydrogen-bond acceptors (Lipinski definition) is 3. The molecule has 0 heterocycles. The van der Waals surface area contributed by atoms with Crippen LogP contribution >= 0.6 is 23.8 Å². The van der Waals surface area contributed by atoms with E-state index in [-0.39, 0.29) is 4.90 Å². The molecule has 3 rings (SSSR count). The Balaban J connectivity index is 1.66. The molecule has 0 aromatic heterocycles. The molecule has 0 radical (unpaired) electrons. The SMILES string of the molecule is Cc1ccc(NC(=S)Nc2ccc(S(=O)(=O)Nc3ccc(Cl)cc3)cc2)c(C)c1. The molecule has 150 valence electrons. The average Bonchev–Trinajstić information content (AvgIpc) is 2.66. The predicted molar refractivity (Wildman–Crippen MR) is 124 cm³/mol. The number of hydrogen-bond donors (Lipinski definition) is 3. The molecule has 3 N–H and O–H groups in total. The van der Waals surface area contributed by atoms with Crippen molar-refractivity contribution in [1.82, 2.24) is 0 Å². The third-order valence-corrected chi connectivity index (χ3v) is 6.00. The fourth-order valence-corrected chi connectivity index (χ4v) is 4.10. The summed E-state index contributed by atoms with van der Waals surface area (Å²) in [5, 5.41) is 7.16. The van der Waals surface area contributed by atoms with Gasteiger partial charge in [-0.15, -0.1) is 0 Å². The van der Waals surface area contributed by atoms with Crippen molar-refractivity contribution >= 4 is 56.0 Å². The van der Waals surface area contributed by atoms with Crippen molar-refractivity contribution in [3.05, 3.63) is 82.9 Å². The van der Waals surface area contributed by atoms with Crippen LogP contribution in [0.1, 0.15) is 11.1 Å². The number of nitrogens with one attached hydrogen (secondary N) is 3. The smallest absolute Gasteiger partial charge is 0.261 e. The summed E-state index contributed by atoms with van der Waals surface area (Å²) in [6, 6.07) is 18.8. The van der Waals surface area contributed by atoms with E-state index < -0.39 is 10.0 Å². The summed E-state index contributed by atoms with van der Waals surface area (Å²) in [7, 11) is -3.70. The molecular weight excluding hydrogens is 426 g/mol. The number of rotatable bonds is 5. The van der Waals surface area contributed by atoms with Gasteiger partial charge in [0.15, 0.2) is 5.11 Å². The van der Waals surface area contributed by atoms with E-state index in [1.54, 1.807) is 36.4 Å². The van der Waals surface area contributed by atoms with Gasteiger partial charge in [0, 0.05) is 22.1 Å². The molecule has 0 bridgehead atoms. The van der Waals surface area contributed by atoms with E-state index in [9.17, 15) is 8.42 Å². The van der Waals surface area contributed by atoms with Gasteiger partial charge in [0.1, 0.15) is 0 Å². The summed E-state index contributed by atoms with van der Waals surface area (Å²) in [6.45, 7) is 4.04. The third-order valence-electron chi connectivity index (χ3n) is 4.15. The van der Waals surface area contributed by atoms with Crippen LogP contribution in [0.5, 0.6) is 0 Å². The maximum absolute atomic E-state index is 12.5. The highest BCUT2D eigenvalue weighted by Crippen LogP contribution is 2.21. The van der Waals surface area contributed by atoms with Gasteiger partial charge >= 0.3 is 0 Å². The van der Waals surface area contributed by atoms with Gasteiger partial charge in [-0.1, -0.05) is 29.3 Å². The van der Waals surface area contributed by atoms with Gasteiger partial charge < -0.3 is 10.6 Å². The lowest BCUT2D eigenvalue weighted by molar-refractivity contribution is 0.601. The number of anilines is 3. The number of aryl methyl sites for hydroxylation is 2. The van der Waals surface area contributed by atoms with Crippen LogP contribution in [0.3, 0.4) is 0 Å². The molecule has 0 unspecified atom stereocenters. The molecule has 0 aliphatic carbocycles. The van der Waals surface area contributed by atoms with Crippen LogP contribution in [-0.4, -0.2) is 13.5 Å². The van der Waals surface area contributed by atoms with Crippen LogP contribution in [0.15, 0.2) is 71.6 Å². The van der Waals surface area contributed by atoms with Gasteiger partial charge in [0.25, 0.3) is 10.0 Å². The highest BCUT2D eigenvalue weighted by Gasteiger charge is 2.14. The van der Waals surface area contributed by atoms with Crippen molar-refractivity contribution in [3.8, 4) is 0 Å². The van der Waals surface area contributed by atoms with Crippen LogP contribution in [0.4, 0.5) is 17.1 Å². The normalized spacial score (nSPS) is 11.0. The van der Waals surface area contributed by atoms with E-state index in [4.69, 9.17) is 23.8 Å². The number of thiocarbonyl (C=S) groups is 1. The van der Waals surface area contributed by atoms with Crippen molar-refractivity contribution in [2.24, 2.45) is 0 Å². The lowest BCUT2D eigenvalue weighted by Crippen LogP contribution is -2.19. The van der Waals surface area contributed by atoms with Crippen LogP contribution in [-0.2, 0) is 10.0 Å². The minimum absolute atomic E-state index is 0.145. The van der Waals surface area contributed by atoms with E-state index >= 15 is 0 Å². The molecular formula is C21H20ClN3O2S2. The Morgan fingerprint density at radius 1 is 0.862 bits per heavy atom. The Labute approximate surface area is 181 Å². The number of benzene rings is 3. The van der Waals surface area contributed by atoms with Gasteiger partial charge in [-0.2, -0.15) is 0 Å². The zero-order valence-corrected chi connectivity index (χ0v) is 18.3. The quantitative estimate of drug-likeness (QED) is 0.448. The lowest BCUT2D eigenvalue weighted by Gasteiger charge is -2.13. The summed E-state index contributed by atoms with van der Waals surface area (Å²) in [6.07, 6.45) is 0. The zero-order chi connectivity index (χ0) is 21.0. The first-order valence-electron chi connectivity index (χ1n) is 8.77. The molecule has 0 atom stereocenters. The monoisotopic (exact) mass is 445 g/mol. The summed E-state index contributed by atoms with van der Waals surface area (Å²) >= 11 is 11.2. The van der Waals surface area contributed by atoms with Gasteiger partial charge in [-0.25, -0.2) is 8.42 Å². The van der Waals surface area contributed by atoms with Gasteiger partial charge in [-0.05, 0) is 86.2 Å². The fraction of sp³-hybridized carbons (Fsp3) is 0.0952. The Kier molecular flexibility index (Phi) is 6.42. The number of sulfonamides is 1. The Bertz CT molecular complexity index is 1130. The van der Waals surface area contributed by atoms with E-state index in [0.29, 0.717) is 21.5 Å². The third kappa shape index (κ3) is 5.69. The first kappa shape index (κ1) is 21.1. The summed E-state index contributed by atoms with van der Waals surface area (Å²) in [5.74, 6) is 0. The highest BCUT2D eigenvalue weighted by molar-refractivity contribution is 7.92. The molecule has 0 amide bonds. The standard InChI is InChI=1S/C21H20ClN3O2S2/c1-14-3-12-20(15(2)13-14)24-21(28)23-17-8-10-19(11-9-17)29(26,27)25-18-6-4-16(22)5-7-18/h3-13,25H,1-2H3,(H2,23,24,28). The minimum Gasteiger partial charge on any atom is -0.332 e. The molecule has 3 aromatic rings. The molecule has 0 saturated heterocycles. The molecule has 8 heteroatoms. The second-order valence-corrected chi connectivity index (χ2v) is 9.06. The van der Waals surface area contributed by atoms with Crippen LogP contribution in [0.2, 0.25) is 5.02 Å². The Hall–Kier alpha value is -2.61. The molecule has 5 nitrogen and oxygen atoms in total. The molecule has 0 aliphatic rings. The van der Waals surface area contributed by atoms with Gasteiger partial charge in [0.05, 0.1) is 4.90 Å². The average molecular weight is 446 g/mol. The largest absolute Gasteiger partial charge is 0.332 e. The maximum Gasteiger partial charge on any atom is 0.261 e. The lowest BCUT2D eigenvalue weighted by atomic mass is 10.1. The maximum atomic E-state index is 12.5. The minimum atomic E-state index is -3.70. The molecule has 0 fully saturated rings. The first-order valence-corrected chi connectivity index (χ1v) is 11.0. The Morgan fingerprint density at radius 2 is 1.48 bits per heavy atom. The molecule has 0 saturated carbocycles. The van der Waals surface area contributed by atoms with Crippen LogP contribution < -0.4 is 15.4 Å². The predicted octanol–water partition coefficient (Wildman–Crippen LogP) is 5.57. The molecule has 29 heavy (non-hydrogen) atoms. The van der Waals surface area contributed by atoms with E-state index in [0.717, 1.165) is 11.3 Å². The van der Waals surface area contributed by atoms with Crippen LogP contribution in [0.25, 0.3) is 0 Å². The Morgan fingerprint density at radius 3 is 2.10 bits per heavy atom. The molecule has 0 spiro atoms. The first-order chi connectivity index (χ1) is 13.7. The second-order valence-electron chi connectivity index (χ2n) is 6.53. The van der Waals surface area contributed by atoms with Crippen molar-refractivity contribution in [2.75, 3.05) is 15.4 Å². The summed E-state index contributed by atoms with van der Waals surface area (Å²) in [5.41, 5.74) is 4.30. The van der Waals surface area contributed by atoms with Crippen molar-refractivity contribution in [1.29, 1.82) is 0 Å². The highest BCUT2D eigenvalue weighted by atomic mass is 35.5. The van der Waals surface area contributed by atoms with Crippen molar-refractivity contribution < 1.29 is 8.42 Å². The van der Waals surface area contributed by atoms with Gasteiger partial charge in [0.2, 0.25) is 0 Å². The van der Waals surface area contributed by atoms with Crippen LogP contribution in [0, 0.1) is 13.8 Å². The number of halogens is 1. The molecule has 0 aliphatic heterocycles. The topological polar surface area (TPSA) is 70.2 Å². The van der Waals surface area contributed by atoms with E-state index in [1.165, 1.54) is 17.7 Å². The summed E-state index contributed by atoms with van der Waals surface area (Å²) in [4.78, 5) is 0.145. The van der Waals surface area contributed by atoms with E-state index in [2.05, 4.69) is 21.4 Å². The fourth-order valence-electron chi connectivity index (χ4n) is 2.69. The van der Waals surface area contributed by atoms with Gasteiger partial charge in [-0.3, -0.25) is 4.72 Å². The van der Waals surface area contributed by atoms with E-state index in [1.807, 2.05) is 26.0 Å². The summed E-state index contributed by atoms with van der Waals surface area (Å²) < 4.78 is 27.6.